The fourth-order valence-corrected chi connectivity index (χ4v) is 7.24. The van der Waals surface area contributed by atoms with E-state index in [-0.39, 0.29) is 31.1 Å². The van der Waals surface area contributed by atoms with Gasteiger partial charge in [-0.1, -0.05) is 221 Å². The van der Waals surface area contributed by atoms with Gasteiger partial charge in [0.1, 0.15) is 13.2 Å². The second-order valence-electron chi connectivity index (χ2n) is 17.8. The summed E-state index contributed by atoms with van der Waals surface area (Å²) >= 11 is 0. The number of hydrogen-bond donors (Lipinski definition) is 0. The summed E-state index contributed by atoms with van der Waals surface area (Å²) in [5, 5.41) is 0. The number of carbonyl (C=O) groups excluding carboxylic acids is 3. The lowest BCUT2D eigenvalue weighted by Crippen LogP contribution is -2.30. The predicted octanol–water partition coefficient (Wildman–Crippen LogP) is 18.1. The van der Waals surface area contributed by atoms with Crippen LogP contribution in [0, 0.1) is 0 Å². The predicted molar refractivity (Wildman–Crippen MR) is 284 cm³/mol. The van der Waals surface area contributed by atoms with E-state index in [1.165, 1.54) is 83.5 Å². The van der Waals surface area contributed by atoms with E-state index in [1.54, 1.807) is 0 Å². The maximum atomic E-state index is 12.8. The molecule has 0 aliphatic heterocycles. The Balaban J connectivity index is 4.31. The van der Waals surface area contributed by atoms with Crippen LogP contribution in [0.4, 0.5) is 0 Å². The van der Waals surface area contributed by atoms with Crippen molar-refractivity contribution >= 4 is 17.9 Å². The van der Waals surface area contributed by atoms with Crippen LogP contribution in [0.2, 0.25) is 0 Å². The van der Waals surface area contributed by atoms with Crippen LogP contribution in [0.3, 0.4) is 0 Å². The van der Waals surface area contributed by atoms with Gasteiger partial charge in [-0.3, -0.25) is 14.4 Å². The Kier molecular flexibility index (Phi) is 50.9. The molecular weight excluding hydrogens is 817 g/mol. The highest BCUT2D eigenvalue weighted by Gasteiger charge is 2.19. The Bertz CT molecular complexity index is 1330. The van der Waals surface area contributed by atoms with Gasteiger partial charge in [-0.05, 0) is 103 Å². The smallest absolute Gasteiger partial charge is 0.306 e. The van der Waals surface area contributed by atoms with Gasteiger partial charge < -0.3 is 14.2 Å². The van der Waals surface area contributed by atoms with Gasteiger partial charge in [0.25, 0.3) is 0 Å². The standard InChI is InChI=1S/C60H100O6/c1-4-7-10-13-16-18-20-22-24-26-28-29-30-31-32-34-35-37-39-41-44-47-50-53-59(62)65-56-57(55-64-58(61)52-49-46-43-15-12-9-6-3)66-60(63)54-51-48-45-42-40-38-36-33-27-25-23-21-19-17-14-11-8-5-2/h7,10,16,18-19,21-22,24-25,27-29,31-32,35,37,57H,4-6,8-9,11-15,17,20,23,26,30,33-34,36,38-56H2,1-3H3/b10-7-,18-16-,21-19-,24-22-,27-25-,29-28-,32-31-,37-35-. The maximum absolute atomic E-state index is 12.8. The molecule has 0 radical (unpaired) electrons. The van der Waals surface area contributed by atoms with Gasteiger partial charge in [0.05, 0.1) is 0 Å². The molecule has 0 heterocycles. The summed E-state index contributed by atoms with van der Waals surface area (Å²) < 4.78 is 16.7. The van der Waals surface area contributed by atoms with Crippen LogP contribution < -0.4 is 0 Å². The molecule has 66 heavy (non-hydrogen) atoms. The first-order valence-corrected chi connectivity index (χ1v) is 27.2. The van der Waals surface area contributed by atoms with Gasteiger partial charge in [0.2, 0.25) is 0 Å². The average molecular weight is 917 g/mol. The van der Waals surface area contributed by atoms with E-state index in [4.69, 9.17) is 14.2 Å². The van der Waals surface area contributed by atoms with Crippen LogP contribution in [0.15, 0.2) is 97.2 Å². The molecule has 0 N–H and O–H groups in total. The minimum absolute atomic E-state index is 0.0893. The summed E-state index contributed by atoms with van der Waals surface area (Å²) in [6.07, 6.45) is 71.2. The third-order valence-electron chi connectivity index (χ3n) is 11.3. The number of ether oxygens (including phenoxy) is 3. The fraction of sp³-hybridized carbons (Fsp3) is 0.683. The van der Waals surface area contributed by atoms with E-state index in [9.17, 15) is 14.4 Å². The SMILES string of the molecule is CC/C=C\C/C=C\C/C=C\C/C=C\C/C=C\C/C=C\CCCCCCC(=O)OCC(COC(=O)CCCCCCCCC)OC(=O)CCCCCCCCC/C=C\C/C=C\CCCCCC. The average Bonchev–Trinajstić information content (AvgIpc) is 3.31. The van der Waals surface area contributed by atoms with E-state index in [2.05, 4.69) is 118 Å². The molecule has 0 aromatic rings. The molecule has 0 saturated carbocycles. The number of esters is 3. The zero-order valence-corrected chi connectivity index (χ0v) is 42.9. The van der Waals surface area contributed by atoms with Crippen LogP contribution in [0.1, 0.15) is 245 Å². The Hall–Kier alpha value is -3.67. The Morgan fingerprint density at radius 3 is 0.939 bits per heavy atom. The van der Waals surface area contributed by atoms with E-state index in [0.29, 0.717) is 19.3 Å². The van der Waals surface area contributed by atoms with Crippen LogP contribution in [0.5, 0.6) is 0 Å². The maximum Gasteiger partial charge on any atom is 0.306 e. The summed E-state index contributed by atoms with van der Waals surface area (Å²) in [5.74, 6) is -0.931. The molecule has 6 heteroatoms. The molecule has 1 unspecified atom stereocenters. The van der Waals surface area contributed by atoms with Crippen molar-refractivity contribution in [3.8, 4) is 0 Å². The van der Waals surface area contributed by atoms with Gasteiger partial charge >= 0.3 is 17.9 Å². The van der Waals surface area contributed by atoms with Gasteiger partial charge in [-0.2, -0.15) is 0 Å². The molecule has 0 rings (SSSR count). The largest absolute Gasteiger partial charge is 0.462 e. The van der Waals surface area contributed by atoms with Crippen molar-refractivity contribution in [2.24, 2.45) is 0 Å². The Labute approximate surface area is 407 Å². The number of rotatable bonds is 48. The Morgan fingerprint density at radius 1 is 0.318 bits per heavy atom. The summed E-state index contributed by atoms with van der Waals surface area (Å²) in [6, 6.07) is 0. The normalized spacial score (nSPS) is 12.8. The minimum atomic E-state index is -0.790. The van der Waals surface area contributed by atoms with Crippen molar-refractivity contribution in [3.63, 3.8) is 0 Å². The topological polar surface area (TPSA) is 78.9 Å². The molecule has 0 aromatic carbocycles. The van der Waals surface area contributed by atoms with Crippen molar-refractivity contribution in [2.45, 2.75) is 252 Å². The number of unbranched alkanes of at least 4 members (excludes halogenated alkanes) is 21. The molecule has 6 nitrogen and oxygen atoms in total. The lowest BCUT2D eigenvalue weighted by Gasteiger charge is -2.18. The number of allylic oxidation sites excluding steroid dienone is 16. The van der Waals surface area contributed by atoms with Crippen LogP contribution in [-0.2, 0) is 28.6 Å². The highest BCUT2D eigenvalue weighted by atomic mass is 16.6. The van der Waals surface area contributed by atoms with E-state index >= 15 is 0 Å². The van der Waals surface area contributed by atoms with E-state index in [1.807, 2.05) is 0 Å². The summed E-state index contributed by atoms with van der Waals surface area (Å²) in [7, 11) is 0. The van der Waals surface area contributed by atoms with Gasteiger partial charge in [0, 0.05) is 19.3 Å². The lowest BCUT2D eigenvalue weighted by molar-refractivity contribution is -0.167. The van der Waals surface area contributed by atoms with Crippen molar-refractivity contribution in [1.82, 2.24) is 0 Å². The third kappa shape index (κ3) is 51.3. The summed E-state index contributed by atoms with van der Waals surface area (Å²) in [5.41, 5.74) is 0. The quantitative estimate of drug-likeness (QED) is 0.0262. The number of hydrogen-bond acceptors (Lipinski definition) is 6. The van der Waals surface area contributed by atoms with Gasteiger partial charge in [0.15, 0.2) is 6.10 Å². The van der Waals surface area contributed by atoms with Crippen molar-refractivity contribution in [1.29, 1.82) is 0 Å². The first-order chi connectivity index (χ1) is 32.5. The fourth-order valence-electron chi connectivity index (χ4n) is 7.24. The molecule has 0 spiro atoms. The first kappa shape index (κ1) is 62.3. The Morgan fingerprint density at radius 2 is 0.591 bits per heavy atom. The summed E-state index contributed by atoms with van der Waals surface area (Å²) in [4.78, 5) is 37.9. The monoisotopic (exact) mass is 917 g/mol. The third-order valence-corrected chi connectivity index (χ3v) is 11.3. The molecule has 0 aromatic heterocycles. The van der Waals surface area contributed by atoms with Crippen LogP contribution >= 0.6 is 0 Å². The first-order valence-electron chi connectivity index (χ1n) is 27.2. The molecule has 0 aliphatic rings. The molecule has 0 aliphatic carbocycles. The van der Waals surface area contributed by atoms with Gasteiger partial charge in [-0.15, -0.1) is 0 Å². The van der Waals surface area contributed by atoms with Crippen LogP contribution in [0.25, 0.3) is 0 Å². The lowest BCUT2D eigenvalue weighted by atomic mass is 10.1. The minimum Gasteiger partial charge on any atom is -0.462 e. The highest BCUT2D eigenvalue weighted by Crippen LogP contribution is 2.14. The second kappa shape index (κ2) is 53.9. The summed E-state index contributed by atoms with van der Waals surface area (Å²) in [6.45, 7) is 6.43. The molecule has 0 bridgehead atoms. The molecular formula is C60H100O6. The second-order valence-corrected chi connectivity index (χ2v) is 17.8. The number of carbonyl (C=O) groups is 3. The molecule has 376 valence electrons. The van der Waals surface area contributed by atoms with Crippen molar-refractivity contribution in [3.05, 3.63) is 97.2 Å². The zero-order valence-electron chi connectivity index (χ0n) is 42.9. The van der Waals surface area contributed by atoms with Crippen molar-refractivity contribution < 1.29 is 28.6 Å². The molecule has 0 amide bonds. The van der Waals surface area contributed by atoms with Crippen molar-refractivity contribution in [2.75, 3.05) is 13.2 Å². The van der Waals surface area contributed by atoms with Gasteiger partial charge in [-0.25, -0.2) is 0 Å². The van der Waals surface area contributed by atoms with E-state index < -0.39 is 6.10 Å². The molecule has 0 fully saturated rings. The van der Waals surface area contributed by atoms with E-state index in [0.717, 1.165) is 122 Å². The zero-order chi connectivity index (χ0) is 47.9. The molecule has 1 atom stereocenters. The van der Waals surface area contributed by atoms with Crippen LogP contribution in [-0.4, -0.2) is 37.2 Å². The molecule has 0 saturated heterocycles. The highest BCUT2D eigenvalue weighted by molar-refractivity contribution is 5.71.